The Morgan fingerprint density at radius 3 is 2.88 bits per heavy atom. The van der Waals surface area contributed by atoms with Crippen LogP contribution in [0.5, 0.6) is 0 Å². The van der Waals surface area contributed by atoms with Gasteiger partial charge < -0.3 is 0 Å². The smallest absolute Gasteiger partial charge is 0.166 e. The standard InChI is InChI=1S/C22H21N3O/c1-14-20-12-17(9-10-21(20)25-24-14)22(26)19-8-3-2-7-18(19)16-6-4-5-15(11-16)13-23/h4-6,9-12,18-19H,2-3,7-8H2,1H3,(H,24,25)/t18-,19+/m0/s1. The minimum atomic E-state index is -0.0256. The molecule has 4 heteroatoms. The lowest BCUT2D eigenvalue weighted by Gasteiger charge is -2.31. The number of H-pyrrole nitrogens is 1. The molecule has 1 aliphatic carbocycles. The van der Waals surface area contributed by atoms with Crippen molar-refractivity contribution in [2.45, 2.75) is 38.5 Å². The Hall–Kier alpha value is -2.93. The first-order valence-electron chi connectivity index (χ1n) is 9.16. The number of fused-ring (bicyclic) bond motifs is 1. The van der Waals surface area contributed by atoms with Gasteiger partial charge >= 0.3 is 0 Å². The summed E-state index contributed by atoms with van der Waals surface area (Å²) >= 11 is 0. The third-order valence-corrected chi connectivity index (χ3v) is 5.58. The number of hydrogen-bond acceptors (Lipinski definition) is 3. The van der Waals surface area contributed by atoms with Crippen molar-refractivity contribution < 1.29 is 4.79 Å². The minimum Gasteiger partial charge on any atom is -0.294 e. The molecule has 1 aromatic heterocycles. The molecule has 4 nitrogen and oxygen atoms in total. The molecule has 2 aromatic carbocycles. The van der Waals surface area contributed by atoms with Gasteiger partial charge in [-0.2, -0.15) is 10.4 Å². The van der Waals surface area contributed by atoms with E-state index in [2.05, 4.69) is 22.3 Å². The molecule has 0 spiro atoms. The molecule has 2 atom stereocenters. The van der Waals surface area contributed by atoms with Crippen LogP contribution in [0.25, 0.3) is 10.9 Å². The maximum absolute atomic E-state index is 13.3. The monoisotopic (exact) mass is 343 g/mol. The van der Waals surface area contributed by atoms with Crippen molar-refractivity contribution in [2.24, 2.45) is 5.92 Å². The van der Waals surface area contributed by atoms with Crippen LogP contribution >= 0.6 is 0 Å². The number of nitriles is 1. The third-order valence-electron chi connectivity index (χ3n) is 5.58. The molecule has 0 saturated heterocycles. The van der Waals surface area contributed by atoms with E-state index in [1.54, 1.807) is 0 Å². The summed E-state index contributed by atoms with van der Waals surface area (Å²) in [4.78, 5) is 13.3. The van der Waals surface area contributed by atoms with Gasteiger partial charge in [0, 0.05) is 22.6 Å². The summed E-state index contributed by atoms with van der Waals surface area (Å²) in [5, 5.41) is 17.4. The number of benzene rings is 2. The summed E-state index contributed by atoms with van der Waals surface area (Å²) in [6.07, 6.45) is 4.11. The zero-order valence-electron chi connectivity index (χ0n) is 14.8. The normalized spacial score (nSPS) is 20.0. The fourth-order valence-corrected chi connectivity index (χ4v) is 4.19. The largest absolute Gasteiger partial charge is 0.294 e. The molecule has 1 saturated carbocycles. The number of aromatic amines is 1. The van der Waals surface area contributed by atoms with E-state index in [4.69, 9.17) is 0 Å². The predicted octanol–water partition coefficient (Wildman–Crippen LogP) is 4.90. The van der Waals surface area contributed by atoms with E-state index in [-0.39, 0.29) is 17.6 Å². The van der Waals surface area contributed by atoms with E-state index in [1.807, 2.05) is 43.3 Å². The van der Waals surface area contributed by atoms with E-state index >= 15 is 0 Å². The van der Waals surface area contributed by atoms with Crippen LogP contribution in [0.4, 0.5) is 0 Å². The number of Topliss-reactive ketones (excluding diaryl/α,β-unsaturated/α-hetero) is 1. The highest BCUT2D eigenvalue weighted by atomic mass is 16.1. The number of aromatic nitrogens is 2. The second kappa shape index (κ2) is 6.76. The summed E-state index contributed by atoms with van der Waals surface area (Å²) in [5.74, 6) is 0.368. The highest BCUT2D eigenvalue weighted by Gasteiger charge is 2.32. The van der Waals surface area contributed by atoms with Crippen LogP contribution in [-0.2, 0) is 0 Å². The highest BCUT2D eigenvalue weighted by Crippen LogP contribution is 2.40. The molecule has 1 heterocycles. The molecule has 0 aliphatic heterocycles. The molecule has 0 amide bonds. The number of carbonyl (C=O) groups is 1. The quantitative estimate of drug-likeness (QED) is 0.688. The van der Waals surface area contributed by atoms with Crippen LogP contribution in [-0.4, -0.2) is 16.0 Å². The lowest BCUT2D eigenvalue weighted by Crippen LogP contribution is -2.26. The predicted molar refractivity (Wildman–Crippen MR) is 101 cm³/mol. The topological polar surface area (TPSA) is 69.5 Å². The fourth-order valence-electron chi connectivity index (χ4n) is 4.19. The maximum Gasteiger partial charge on any atom is 0.166 e. The average Bonchev–Trinajstić information content (AvgIpc) is 3.08. The van der Waals surface area contributed by atoms with Gasteiger partial charge in [-0.25, -0.2) is 0 Å². The second-order valence-electron chi connectivity index (χ2n) is 7.18. The van der Waals surface area contributed by atoms with E-state index in [0.717, 1.165) is 53.4 Å². The van der Waals surface area contributed by atoms with E-state index in [1.165, 1.54) is 0 Å². The van der Waals surface area contributed by atoms with Gasteiger partial charge in [0.2, 0.25) is 0 Å². The van der Waals surface area contributed by atoms with Crippen molar-refractivity contribution in [1.82, 2.24) is 10.2 Å². The molecule has 1 aliphatic rings. The molecule has 1 fully saturated rings. The van der Waals surface area contributed by atoms with E-state index < -0.39 is 0 Å². The van der Waals surface area contributed by atoms with Crippen LogP contribution in [0.2, 0.25) is 0 Å². The summed E-state index contributed by atoms with van der Waals surface area (Å²) in [7, 11) is 0. The molecule has 1 N–H and O–H groups in total. The molecule has 130 valence electrons. The maximum atomic E-state index is 13.3. The Kier molecular flexibility index (Phi) is 4.30. The van der Waals surface area contributed by atoms with E-state index in [0.29, 0.717) is 5.56 Å². The van der Waals surface area contributed by atoms with Crippen LogP contribution in [0.1, 0.15) is 58.8 Å². The molecule has 26 heavy (non-hydrogen) atoms. The molecule has 0 bridgehead atoms. The van der Waals surface area contributed by atoms with Crippen molar-refractivity contribution in [3.05, 3.63) is 64.8 Å². The SMILES string of the molecule is Cc1[nH]nc2ccc(C(=O)[C@@H]3CCCC[C@H]3c3cccc(C#N)c3)cc12. The van der Waals surface area contributed by atoms with E-state index in [9.17, 15) is 10.1 Å². The number of nitrogens with zero attached hydrogens (tertiary/aromatic N) is 2. The molecular formula is C22H21N3O. The second-order valence-corrected chi connectivity index (χ2v) is 7.18. The first-order chi connectivity index (χ1) is 12.7. The average molecular weight is 343 g/mol. The van der Waals surface area contributed by atoms with Crippen LogP contribution in [0.15, 0.2) is 42.5 Å². The van der Waals surface area contributed by atoms with Crippen molar-refractivity contribution in [2.75, 3.05) is 0 Å². The number of carbonyl (C=O) groups excluding carboxylic acids is 1. The molecular weight excluding hydrogens is 322 g/mol. The number of rotatable bonds is 3. The number of aryl methyl sites for hydroxylation is 1. The zero-order chi connectivity index (χ0) is 18.1. The third kappa shape index (κ3) is 2.90. The van der Waals surface area contributed by atoms with Gasteiger partial charge in [0.15, 0.2) is 5.78 Å². The van der Waals surface area contributed by atoms with Crippen LogP contribution in [0, 0.1) is 24.2 Å². The number of ketones is 1. The van der Waals surface area contributed by atoms with Gasteiger partial charge in [-0.15, -0.1) is 0 Å². The first kappa shape index (κ1) is 16.5. The van der Waals surface area contributed by atoms with Gasteiger partial charge in [0.1, 0.15) is 0 Å². The Labute approximate surface area is 152 Å². The van der Waals surface area contributed by atoms with Crippen LogP contribution < -0.4 is 0 Å². The number of nitrogens with one attached hydrogen (secondary N) is 1. The molecule has 0 unspecified atom stereocenters. The molecule has 3 aromatic rings. The van der Waals surface area contributed by atoms with Gasteiger partial charge in [0.25, 0.3) is 0 Å². The molecule has 4 rings (SSSR count). The highest BCUT2D eigenvalue weighted by molar-refractivity contribution is 6.01. The fraction of sp³-hybridized carbons (Fsp3) is 0.318. The lowest BCUT2D eigenvalue weighted by molar-refractivity contribution is 0.0868. The van der Waals surface area contributed by atoms with Gasteiger partial charge in [-0.05, 0) is 61.6 Å². The summed E-state index contributed by atoms with van der Waals surface area (Å²) in [6, 6.07) is 15.7. The minimum absolute atomic E-state index is 0.0256. The van der Waals surface area contributed by atoms with Gasteiger partial charge in [0.05, 0.1) is 17.1 Å². The Bertz CT molecular complexity index is 1010. The van der Waals surface area contributed by atoms with Crippen molar-refractivity contribution >= 4 is 16.7 Å². The van der Waals surface area contributed by atoms with Crippen LogP contribution in [0.3, 0.4) is 0 Å². The molecule has 0 radical (unpaired) electrons. The zero-order valence-corrected chi connectivity index (χ0v) is 14.8. The summed E-state index contributed by atoms with van der Waals surface area (Å²) < 4.78 is 0. The Morgan fingerprint density at radius 2 is 2.04 bits per heavy atom. The number of hydrogen-bond donors (Lipinski definition) is 1. The van der Waals surface area contributed by atoms with Crippen molar-refractivity contribution in [3.63, 3.8) is 0 Å². The lowest BCUT2D eigenvalue weighted by atomic mass is 9.72. The summed E-state index contributed by atoms with van der Waals surface area (Å²) in [6.45, 7) is 1.97. The van der Waals surface area contributed by atoms with Gasteiger partial charge in [-0.3, -0.25) is 9.89 Å². The first-order valence-corrected chi connectivity index (χ1v) is 9.16. The van der Waals surface area contributed by atoms with Crippen molar-refractivity contribution in [3.8, 4) is 6.07 Å². The Morgan fingerprint density at radius 1 is 1.19 bits per heavy atom. The summed E-state index contributed by atoms with van der Waals surface area (Å²) in [5.41, 5.74) is 4.41. The van der Waals surface area contributed by atoms with Gasteiger partial charge in [-0.1, -0.05) is 25.0 Å². The van der Waals surface area contributed by atoms with Crippen molar-refractivity contribution in [1.29, 1.82) is 5.26 Å². The Balaban J connectivity index is 1.69.